The molecule has 0 aliphatic carbocycles. The third kappa shape index (κ3) is 5.40. The van der Waals surface area contributed by atoms with Gasteiger partial charge in [0.2, 0.25) is 5.88 Å². The van der Waals surface area contributed by atoms with Crippen molar-refractivity contribution in [2.24, 2.45) is 0 Å². The van der Waals surface area contributed by atoms with Gasteiger partial charge in [-0.3, -0.25) is 9.78 Å². The van der Waals surface area contributed by atoms with Crippen LogP contribution in [0.5, 0.6) is 11.6 Å². The van der Waals surface area contributed by atoms with E-state index in [2.05, 4.69) is 15.3 Å². The van der Waals surface area contributed by atoms with E-state index in [1.807, 2.05) is 13.8 Å². The summed E-state index contributed by atoms with van der Waals surface area (Å²) in [6, 6.07) is 3.96. The van der Waals surface area contributed by atoms with Gasteiger partial charge in [-0.15, -0.1) is 10.2 Å². The minimum absolute atomic E-state index is 0.0267. The van der Waals surface area contributed by atoms with Gasteiger partial charge in [-0.1, -0.05) is 48.7 Å². The fourth-order valence-corrected chi connectivity index (χ4v) is 3.50. The first-order chi connectivity index (χ1) is 14.9. The second-order valence-corrected chi connectivity index (χ2v) is 8.01. The third-order valence-corrected chi connectivity index (χ3v) is 4.93. The van der Waals surface area contributed by atoms with Gasteiger partial charge >= 0.3 is 11.9 Å². The zero-order chi connectivity index (χ0) is 23.8. The number of ether oxygens (including phenoxy) is 1. The Bertz CT molecular complexity index is 1270. The van der Waals surface area contributed by atoms with Crippen molar-refractivity contribution < 1.29 is 17.9 Å². The third-order valence-electron chi connectivity index (χ3n) is 4.07. The number of nitrogens with zero attached hydrogens (tertiary/aromatic N) is 4. The standard InChI is InChI=1S/C18H13Cl3F3N5O3/c1-7(2)9-5-12(26-27-15(9)21)32-14-10(19)3-8(4-11(14)20)13-16(30)25-17(31)29(28-13)6-18(22,23)24/h3-5,7H,6H2,1-2H3,(H,25,30,31). The quantitative estimate of drug-likeness (QED) is 0.528. The predicted octanol–water partition coefficient (Wildman–Crippen LogP) is 4.83. The topological polar surface area (TPSA) is 103 Å². The van der Waals surface area contributed by atoms with E-state index in [1.54, 1.807) is 11.1 Å². The van der Waals surface area contributed by atoms with E-state index in [-0.39, 0.29) is 43.0 Å². The number of rotatable bonds is 5. The van der Waals surface area contributed by atoms with Gasteiger partial charge in [0.25, 0.3) is 5.56 Å². The number of nitrogens with one attached hydrogen (secondary N) is 1. The van der Waals surface area contributed by atoms with Crippen LogP contribution in [0.1, 0.15) is 25.3 Å². The molecular weight excluding hydrogens is 498 g/mol. The molecule has 0 aliphatic heterocycles. The van der Waals surface area contributed by atoms with Crippen LogP contribution in [0, 0.1) is 0 Å². The Morgan fingerprint density at radius 1 is 1.09 bits per heavy atom. The average molecular weight is 511 g/mol. The van der Waals surface area contributed by atoms with Crippen LogP contribution in [0.4, 0.5) is 13.2 Å². The summed E-state index contributed by atoms with van der Waals surface area (Å²) in [6.45, 7) is 2.10. The van der Waals surface area contributed by atoms with Crippen LogP contribution < -0.4 is 16.0 Å². The van der Waals surface area contributed by atoms with Crippen LogP contribution in [0.2, 0.25) is 15.2 Å². The molecule has 170 valence electrons. The molecule has 1 N–H and O–H groups in total. The molecular formula is C18H13Cl3F3N5O3. The largest absolute Gasteiger partial charge is 0.434 e. The summed E-state index contributed by atoms with van der Waals surface area (Å²) in [5, 5.41) is 11.2. The molecule has 0 radical (unpaired) electrons. The lowest BCUT2D eigenvalue weighted by atomic mass is 10.1. The zero-order valence-electron chi connectivity index (χ0n) is 16.3. The molecule has 3 aromatic rings. The Labute approximate surface area is 192 Å². The maximum atomic E-state index is 12.7. The highest BCUT2D eigenvalue weighted by atomic mass is 35.5. The molecule has 0 saturated heterocycles. The van der Waals surface area contributed by atoms with E-state index in [9.17, 15) is 22.8 Å². The number of hydrogen-bond acceptors (Lipinski definition) is 6. The number of benzene rings is 1. The summed E-state index contributed by atoms with van der Waals surface area (Å²) in [7, 11) is 0. The molecule has 0 spiro atoms. The molecule has 0 fully saturated rings. The molecule has 0 aliphatic rings. The van der Waals surface area contributed by atoms with E-state index >= 15 is 0 Å². The number of halogens is 6. The summed E-state index contributed by atoms with van der Waals surface area (Å²) in [6.07, 6.45) is -4.73. The highest BCUT2D eigenvalue weighted by Crippen LogP contribution is 2.39. The molecule has 1 aromatic carbocycles. The molecule has 2 heterocycles. The van der Waals surface area contributed by atoms with Crippen LogP contribution in [0.25, 0.3) is 11.3 Å². The fraction of sp³-hybridized carbons (Fsp3) is 0.278. The molecule has 0 amide bonds. The molecule has 0 atom stereocenters. The molecule has 0 saturated carbocycles. The van der Waals surface area contributed by atoms with Gasteiger partial charge in [-0.25, -0.2) is 9.48 Å². The summed E-state index contributed by atoms with van der Waals surface area (Å²) in [5.41, 5.74) is -2.18. The Morgan fingerprint density at radius 3 is 2.28 bits per heavy atom. The number of hydrogen-bond donors (Lipinski definition) is 1. The summed E-state index contributed by atoms with van der Waals surface area (Å²) >= 11 is 18.5. The molecule has 0 unspecified atom stereocenters. The van der Waals surface area contributed by atoms with Gasteiger partial charge in [-0.2, -0.15) is 18.3 Å². The van der Waals surface area contributed by atoms with Crippen LogP contribution in [-0.2, 0) is 6.54 Å². The van der Waals surface area contributed by atoms with Gasteiger partial charge in [0, 0.05) is 11.6 Å². The number of aromatic nitrogens is 5. The van der Waals surface area contributed by atoms with Crippen LogP contribution in [0.15, 0.2) is 27.8 Å². The van der Waals surface area contributed by atoms with Crippen LogP contribution >= 0.6 is 34.8 Å². The second kappa shape index (κ2) is 9.08. The predicted molar refractivity (Wildman–Crippen MR) is 112 cm³/mol. The van der Waals surface area contributed by atoms with Gasteiger partial charge in [0.15, 0.2) is 16.6 Å². The van der Waals surface area contributed by atoms with Gasteiger partial charge < -0.3 is 4.74 Å². The van der Waals surface area contributed by atoms with Crippen molar-refractivity contribution in [3.05, 3.63) is 59.8 Å². The summed E-state index contributed by atoms with van der Waals surface area (Å²) < 4.78 is 43.7. The SMILES string of the molecule is CC(C)c1cc(Oc2c(Cl)cc(-c3nn(CC(F)(F)F)c(=O)[nH]c3=O)cc2Cl)nnc1Cl. The number of aromatic amines is 1. The smallest absolute Gasteiger partial charge is 0.408 e. The first-order valence-electron chi connectivity index (χ1n) is 8.84. The van der Waals surface area contributed by atoms with E-state index in [0.29, 0.717) is 5.56 Å². The normalized spacial score (nSPS) is 11.8. The lowest BCUT2D eigenvalue weighted by Crippen LogP contribution is -2.37. The maximum Gasteiger partial charge on any atom is 0.408 e. The van der Waals surface area contributed by atoms with Crippen molar-refractivity contribution in [1.29, 1.82) is 0 Å². The molecule has 14 heteroatoms. The Balaban J connectivity index is 2.02. The van der Waals surface area contributed by atoms with Gasteiger partial charge in [-0.05, 0) is 23.6 Å². The van der Waals surface area contributed by atoms with Crippen molar-refractivity contribution in [2.75, 3.05) is 0 Å². The molecule has 32 heavy (non-hydrogen) atoms. The monoisotopic (exact) mass is 509 g/mol. The summed E-state index contributed by atoms with van der Waals surface area (Å²) in [5.74, 6) is 0.0339. The molecule has 0 bridgehead atoms. The van der Waals surface area contributed by atoms with Crippen molar-refractivity contribution in [2.45, 2.75) is 32.5 Å². The Hall–Kier alpha value is -2.63. The van der Waals surface area contributed by atoms with Crippen molar-refractivity contribution in [1.82, 2.24) is 25.0 Å². The Morgan fingerprint density at radius 2 is 1.72 bits per heavy atom. The zero-order valence-corrected chi connectivity index (χ0v) is 18.6. The number of H-pyrrole nitrogens is 1. The highest BCUT2D eigenvalue weighted by Gasteiger charge is 2.30. The summed E-state index contributed by atoms with van der Waals surface area (Å²) in [4.78, 5) is 25.6. The molecule has 3 rings (SSSR count). The average Bonchev–Trinajstić information content (AvgIpc) is 2.66. The maximum absolute atomic E-state index is 12.7. The van der Waals surface area contributed by atoms with Gasteiger partial charge in [0.05, 0.1) is 10.0 Å². The van der Waals surface area contributed by atoms with E-state index in [1.165, 1.54) is 12.1 Å². The first-order valence-corrected chi connectivity index (χ1v) is 9.97. The van der Waals surface area contributed by atoms with Crippen molar-refractivity contribution >= 4 is 34.8 Å². The van der Waals surface area contributed by atoms with E-state index in [0.717, 1.165) is 0 Å². The minimum atomic E-state index is -4.73. The molecule has 8 nitrogen and oxygen atoms in total. The van der Waals surface area contributed by atoms with Gasteiger partial charge in [0.1, 0.15) is 6.54 Å². The lowest BCUT2D eigenvalue weighted by molar-refractivity contribution is -0.143. The van der Waals surface area contributed by atoms with E-state index in [4.69, 9.17) is 39.5 Å². The lowest BCUT2D eigenvalue weighted by Gasteiger charge is -2.13. The minimum Gasteiger partial charge on any atom is -0.434 e. The first kappa shape index (κ1) is 24.0. The molecule has 2 aromatic heterocycles. The van der Waals surface area contributed by atoms with Crippen LogP contribution in [0.3, 0.4) is 0 Å². The Kier molecular flexibility index (Phi) is 6.82. The highest BCUT2D eigenvalue weighted by molar-refractivity contribution is 6.37. The van der Waals surface area contributed by atoms with E-state index < -0.39 is 29.7 Å². The number of alkyl halides is 3. The van der Waals surface area contributed by atoms with Crippen LogP contribution in [-0.4, -0.2) is 31.1 Å². The van der Waals surface area contributed by atoms with Crippen molar-refractivity contribution in [3.63, 3.8) is 0 Å². The second-order valence-electron chi connectivity index (χ2n) is 6.84. The van der Waals surface area contributed by atoms with Crippen molar-refractivity contribution in [3.8, 4) is 22.9 Å². The fourth-order valence-electron chi connectivity index (χ4n) is 2.62.